The van der Waals surface area contributed by atoms with E-state index >= 15 is 0 Å². The predicted octanol–water partition coefficient (Wildman–Crippen LogP) is 10.1. The Hall–Kier alpha value is -6.00. The first-order valence-corrected chi connectivity index (χ1v) is 14.9. The minimum Gasteiger partial charge on any atom is -0.294 e. The second-order valence-corrected chi connectivity index (χ2v) is 11.5. The van der Waals surface area contributed by atoms with Crippen molar-refractivity contribution in [1.29, 1.82) is 0 Å². The zero-order chi connectivity index (χ0) is 28.8. The third-order valence-corrected chi connectivity index (χ3v) is 9.15. The molecule has 4 heterocycles. The minimum absolute atomic E-state index is 0.911. The van der Waals surface area contributed by atoms with Gasteiger partial charge in [0.15, 0.2) is 0 Å². The summed E-state index contributed by atoms with van der Waals surface area (Å²) in [5.41, 5.74) is 6.98. The molecule has 6 aromatic carbocycles. The van der Waals surface area contributed by atoms with E-state index in [4.69, 9.17) is 9.97 Å². The number of hydrogen-bond acceptors (Lipinski definition) is 2. The van der Waals surface area contributed by atoms with Crippen molar-refractivity contribution in [3.8, 4) is 22.8 Å². The summed E-state index contributed by atoms with van der Waals surface area (Å²) < 4.78 is 4.67. The maximum absolute atomic E-state index is 4.97. The number of pyridine rings is 2. The van der Waals surface area contributed by atoms with Gasteiger partial charge in [0.05, 0.1) is 22.1 Å². The second kappa shape index (κ2) is 8.76. The Kier molecular flexibility index (Phi) is 4.69. The van der Waals surface area contributed by atoms with Crippen molar-refractivity contribution in [3.05, 3.63) is 146 Å². The van der Waals surface area contributed by atoms with Crippen molar-refractivity contribution in [2.45, 2.75) is 0 Å². The summed E-state index contributed by atoms with van der Waals surface area (Å²) in [7, 11) is 0. The molecule has 0 N–H and O–H groups in total. The molecule has 0 saturated carbocycles. The average molecular weight is 561 g/mol. The van der Waals surface area contributed by atoms with Crippen LogP contribution in [0.25, 0.3) is 87.9 Å². The highest BCUT2D eigenvalue weighted by atomic mass is 15.1. The number of hydrogen-bond donors (Lipinski definition) is 0. The molecule has 10 aromatic rings. The van der Waals surface area contributed by atoms with Gasteiger partial charge in [0.25, 0.3) is 0 Å². The molecule has 0 bridgehead atoms. The van der Waals surface area contributed by atoms with Crippen LogP contribution in [0.5, 0.6) is 0 Å². The summed E-state index contributed by atoms with van der Waals surface area (Å²) in [6.45, 7) is 0. The van der Waals surface area contributed by atoms with Gasteiger partial charge in [-0.3, -0.25) is 9.13 Å². The van der Waals surface area contributed by atoms with Crippen molar-refractivity contribution < 1.29 is 0 Å². The molecule has 0 unspecified atom stereocenters. The molecule has 0 amide bonds. The number of fused-ring (bicyclic) bond motifs is 5. The zero-order valence-corrected chi connectivity index (χ0v) is 23.6. The molecule has 0 aliphatic rings. The summed E-state index contributed by atoms with van der Waals surface area (Å²) >= 11 is 0. The fraction of sp³-hybridized carbons (Fsp3) is 0. The van der Waals surface area contributed by atoms with Crippen molar-refractivity contribution >= 4 is 65.2 Å². The van der Waals surface area contributed by atoms with Crippen molar-refractivity contribution in [3.63, 3.8) is 0 Å². The number of benzene rings is 6. The van der Waals surface area contributed by atoms with Crippen molar-refractivity contribution in [1.82, 2.24) is 19.1 Å². The SMILES string of the molecule is c1ccc(-n2c3ccccc3c3cc4c5c(ccc6cccc(c65)n4-c4cc(-c5ccc6ccccc6c5)ccn4)c32)nc1. The predicted molar refractivity (Wildman–Crippen MR) is 182 cm³/mol. The number of para-hydroxylation sites is 1. The standard InChI is InChI=1S/C40H24N4/c1-2-9-27-22-28(16-15-25(27)8-1)29-19-21-42-37(23-29)43-34-13-7-10-26-17-18-31-39(38(26)34)35(43)24-32-30-11-3-4-12-33(30)44(40(31)32)36-14-5-6-20-41-36/h1-24H. The fourth-order valence-electron chi connectivity index (χ4n) is 7.26. The quantitative estimate of drug-likeness (QED) is 0.202. The van der Waals surface area contributed by atoms with Crippen LogP contribution < -0.4 is 0 Å². The van der Waals surface area contributed by atoms with Crippen LogP contribution in [0, 0.1) is 0 Å². The number of aromatic nitrogens is 4. The molecule has 10 rings (SSSR count). The fourth-order valence-corrected chi connectivity index (χ4v) is 7.26. The van der Waals surface area contributed by atoms with Gasteiger partial charge in [-0.05, 0) is 75.8 Å². The highest BCUT2D eigenvalue weighted by Gasteiger charge is 2.23. The van der Waals surface area contributed by atoms with Crippen LogP contribution in [-0.4, -0.2) is 19.1 Å². The molecular formula is C40H24N4. The molecule has 4 heteroatoms. The lowest BCUT2D eigenvalue weighted by Crippen LogP contribution is -1.98. The topological polar surface area (TPSA) is 35.6 Å². The van der Waals surface area contributed by atoms with Crippen LogP contribution in [0.4, 0.5) is 0 Å². The monoisotopic (exact) mass is 560 g/mol. The van der Waals surface area contributed by atoms with Gasteiger partial charge in [-0.1, -0.05) is 84.9 Å². The molecule has 0 atom stereocenters. The zero-order valence-electron chi connectivity index (χ0n) is 23.6. The number of rotatable bonds is 3. The Morgan fingerprint density at radius 1 is 0.386 bits per heavy atom. The Bertz CT molecular complexity index is 2710. The third kappa shape index (κ3) is 3.17. The maximum Gasteiger partial charge on any atom is 0.138 e. The molecule has 0 spiro atoms. The second-order valence-electron chi connectivity index (χ2n) is 11.5. The van der Waals surface area contributed by atoms with E-state index in [-0.39, 0.29) is 0 Å². The van der Waals surface area contributed by atoms with Gasteiger partial charge in [0.1, 0.15) is 11.6 Å². The normalized spacial score (nSPS) is 12.1. The van der Waals surface area contributed by atoms with Gasteiger partial charge in [0.2, 0.25) is 0 Å². The highest BCUT2D eigenvalue weighted by Crippen LogP contribution is 2.45. The average Bonchev–Trinajstić information content (AvgIpc) is 3.61. The van der Waals surface area contributed by atoms with Crippen LogP contribution in [0.2, 0.25) is 0 Å². The molecule has 204 valence electrons. The summed E-state index contributed by atoms with van der Waals surface area (Å²) in [6.07, 6.45) is 3.81. The van der Waals surface area contributed by atoms with Gasteiger partial charge in [-0.15, -0.1) is 0 Å². The van der Waals surface area contributed by atoms with E-state index < -0.39 is 0 Å². The first-order chi connectivity index (χ1) is 21.8. The molecule has 0 aliphatic carbocycles. The molecule has 0 fully saturated rings. The molecule has 4 aromatic heterocycles. The Labute approximate surface area is 252 Å². The summed E-state index contributed by atoms with van der Waals surface area (Å²) in [4.78, 5) is 9.76. The Morgan fingerprint density at radius 2 is 1.16 bits per heavy atom. The van der Waals surface area contributed by atoms with Gasteiger partial charge < -0.3 is 0 Å². The van der Waals surface area contributed by atoms with Crippen LogP contribution in [0.15, 0.2) is 146 Å². The van der Waals surface area contributed by atoms with E-state index in [9.17, 15) is 0 Å². The lowest BCUT2D eigenvalue weighted by atomic mass is 9.99. The van der Waals surface area contributed by atoms with Gasteiger partial charge in [0, 0.05) is 39.3 Å². The first kappa shape index (κ1) is 23.6. The van der Waals surface area contributed by atoms with E-state index in [0.29, 0.717) is 0 Å². The van der Waals surface area contributed by atoms with Gasteiger partial charge in [-0.2, -0.15) is 0 Å². The molecular weight excluding hydrogens is 536 g/mol. The summed E-state index contributed by atoms with van der Waals surface area (Å²) in [6, 6.07) is 47.8. The Morgan fingerprint density at radius 3 is 2.09 bits per heavy atom. The van der Waals surface area contributed by atoms with Crippen molar-refractivity contribution in [2.24, 2.45) is 0 Å². The van der Waals surface area contributed by atoms with Crippen LogP contribution >= 0.6 is 0 Å². The van der Waals surface area contributed by atoms with E-state index in [2.05, 4.69) is 137 Å². The molecule has 0 saturated heterocycles. The van der Waals surface area contributed by atoms with Crippen LogP contribution in [0.1, 0.15) is 0 Å². The van der Waals surface area contributed by atoms with E-state index in [1.165, 1.54) is 54.2 Å². The first-order valence-electron chi connectivity index (χ1n) is 14.9. The van der Waals surface area contributed by atoms with E-state index in [0.717, 1.165) is 33.7 Å². The number of nitrogens with zero attached hydrogens (tertiary/aromatic N) is 4. The largest absolute Gasteiger partial charge is 0.294 e. The van der Waals surface area contributed by atoms with Gasteiger partial charge in [-0.25, -0.2) is 9.97 Å². The molecule has 4 nitrogen and oxygen atoms in total. The lowest BCUT2D eigenvalue weighted by Gasteiger charge is -2.11. The van der Waals surface area contributed by atoms with Crippen molar-refractivity contribution in [2.75, 3.05) is 0 Å². The third-order valence-electron chi connectivity index (χ3n) is 9.15. The molecule has 44 heavy (non-hydrogen) atoms. The summed E-state index contributed by atoms with van der Waals surface area (Å²) in [5, 5.41) is 9.85. The van der Waals surface area contributed by atoms with E-state index in [1.54, 1.807) is 0 Å². The van der Waals surface area contributed by atoms with Crippen LogP contribution in [-0.2, 0) is 0 Å². The Balaban J connectivity index is 1.32. The van der Waals surface area contributed by atoms with Crippen LogP contribution in [0.3, 0.4) is 0 Å². The highest BCUT2D eigenvalue weighted by molar-refractivity contribution is 6.32. The maximum atomic E-state index is 4.97. The summed E-state index contributed by atoms with van der Waals surface area (Å²) in [5.74, 6) is 1.83. The molecule has 0 radical (unpaired) electrons. The van der Waals surface area contributed by atoms with E-state index in [1.807, 2.05) is 18.5 Å². The molecule has 0 aliphatic heterocycles. The lowest BCUT2D eigenvalue weighted by molar-refractivity contribution is 1.08. The smallest absolute Gasteiger partial charge is 0.138 e. The minimum atomic E-state index is 0.911. The van der Waals surface area contributed by atoms with Gasteiger partial charge >= 0.3 is 0 Å².